The third-order valence-electron chi connectivity index (χ3n) is 4.71. The second kappa shape index (κ2) is 7.60. The summed E-state index contributed by atoms with van der Waals surface area (Å²) in [6.45, 7) is 4.15. The molecule has 1 unspecified atom stereocenters. The van der Waals surface area contributed by atoms with E-state index in [1.807, 2.05) is 30.3 Å². The molecule has 0 saturated heterocycles. The Bertz CT molecular complexity index is 908. The zero-order valence-electron chi connectivity index (χ0n) is 15.0. The van der Waals surface area contributed by atoms with E-state index in [4.69, 9.17) is 4.74 Å². The molecule has 0 aromatic heterocycles. The lowest BCUT2D eigenvalue weighted by Gasteiger charge is -2.36. The topological polar surface area (TPSA) is 63.7 Å². The average Bonchev–Trinajstić information content (AvgIpc) is 2.62. The lowest BCUT2D eigenvalue weighted by atomic mass is 9.92. The quantitative estimate of drug-likeness (QED) is 0.755. The Labute approximate surface area is 154 Å². The van der Waals surface area contributed by atoms with Gasteiger partial charge in [0.25, 0.3) is 0 Å². The van der Waals surface area contributed by atoms with Crippen molar-refractivity contribution in [3.05, 3.63) is 65.2 Å². The monoisotopic (exact) mass is 373 g/mol. The Balaban J connectivity index is 2.04. The van der Waals surface area contributed by atoms with Crippen LogP contribution in [0.15, 0.2) is 53.4 Å². The lowest BCUT2D eigenvalue weighted by Crippen LogP contribution is -2.41. The molecule has 1 aliphatic heterocycles. The zero-order chi connectivity index (χ0) is 18.7. The summed E-state index contributed by atoms with van der Waals surface area (Å²) >= 11 is 0. The first-order valence-corrected chi connectivity index (χ1v) is 10.2. The Hall–Kier alpha value is -2.18. The summed E-state index contributed by atoms with van der Waals surface area (Å²) in [7, 11) is -3.72. The molecular weight excluding hydrogens is 350 g/mol. The highest BCUT2D eigenvalue weighted by Crippen LogP contribution is 2.37. The van der Waals surface area contributed by atoms with Crippen molar-refractivity contribution in [3.8, 4) is 0 Å². The van der Waals surface area contributed by atoms with Gasteiger partial charge in [-0.15, -0.1) is 0 Å². The van der Waals surface area contributed by atoms with E-state index in [9.17, 15) is 13.2 Å². The third-order valence-corrected chi connectivity index (χ3v) is 6.78. The number of sulfonamides is 1. The minimum atomic E-state index is -3.72. The van der Waals surface area contributed by atoms with Gasteiger partial charge >= 0.3 is 5.97 Å². The lowest BCUT2D eigenvalue weighted by molar-refractivity contribution is -0.144. The third kappa shape index (κ3) is 3.52. The maximum absolute atomic E-state index is 13.3. The summed E-state index contributed by atoms with van der Waals surface area (Å²) in [5.74, 6) is -0.390. The molecule has 138 valence electrons. The van der Waals surface area contributed by atoms with Crippen molar-refractivity contribution in [2.75, 3.05) is 13.2 Å². The molecule has 2 aromatic carbocycles. The fourth-order valence-electron chi connectivity index (χ4n) is 3.48. The van der Waals surface area contributed by atoms with Crippen LogP contribution in [0.2, 0.25) is 0 Å². The van der Waals surface area contributed by atoms with Gasteiger partial charge in [0.2, 0.25) is 10.0 Å². The normalized spacial score (nSPS) is 17.5. The average molecular weight is 373 g/mol. The Morgan fingerprint density at radius 3 is 2.58 bits per heavy atom. The molecule has 0 amide bonds. The Morgan fingerprint density at radius 1 is 1.15 bits per heavy atom. The second-order valence-corrected chi connectivity index (χ2v) is 8.21. The molecule has 0 aliphatic carbocycles. The van der Waals surface area contributed by atoms with Crippen molar-refractivity contribution >= 4 is 16.0 Å². The largest absolute Gasteiger partial charge is 0.466 e. The van der Waals surface area contributed by atoms with E-state index in [2.05, 4.69) is 0 Å². The van der Waals surface area contributed by atoms with Crippen molar-refractivity contribution in [2.45, 2.75) is 37.6 Å². The number of fused-ring (bicyclic) bond motifs is 1. The van der Waals surface area contributed by atoms with Crippen molar-refractivity contribution in [1.82, 2.24) is 4.31 Å². The molecule has 6 heteroatoms. The van der Waals surface area contributed by atoms with Gasteiger partial charge in [-0.05, 0) is 43.0 Å². The zero-order valence-corrected chi connectivity index (χ0v) is 15.8. The van der Waals surface area contributed by atoms with Crippen LogP contribution >= 0.6 is 0 Å². The van der Waals surface area contributed by atoms with Crippen LogP contribution in [0.25, 0.3) is 0 Å². The van der Waals surface area contributed by atoms with Crippen LogP contribution in [0.3, 0.4) is 0 Å². The van der Waals surface area contributed by atoms with Crippen molar-refractivity contribution < 1.29 is 17.9 Å². The van der Waals surface area contributed by atoms with Gasteiger partial charge < -0.3 is 4.74 Å². The smallest absolute Gasteiger partial charge is 0.307 e. The van der Waals surface area contributed by atoms with Gasteiger partial charge in [-0.3, -0.25) is 4.79 Å². The molecule has 1 aliphatic rings. The Morgan fingerprint density at radius 2 is 1.85 bits per heavy atom. The van der Waals surface area contributed by atoms with Gasteiger partial charge in [-0.2, -0.15) is 4.31 Å². The predicted molar refractivity (Wildman–Crippen MR) is 99.2 cm³/mol. The van der Waals surface area contributed by atoms with Gasteiger partial charge in [0.05, 0.1) is 24.0 Å². The van der Waals surface area contributed by atoms with Crippen LogP contribution in [0.1, 0.15) is 36.1 Å². The van der Waals surface area contributed by atoms with Crippen LogP contribution in [0.4, 0.5) is 0 Å². The number of ether oxygens (including phenoxy) is 1. The maximum Gasteiger partial charge on any atom is 0.307 e. The maximum atomic E-state index is 13.3. The van der Waals surface area contributed by atoms with Gasteiger partial charge in [0.15, 0.2) is 0 Å². The molecule has 2 aromatic rings. The first-order chi connectivity index (χ1) is 12.4. The van der Waals surface area contributed by atoms with E-state index in [1.54, 1.807) is 32.0 Å². The molecule has 0 bridgehead atoms. The minimum Gasteiger partial charge on any atom is -0.466 e. The summed E-state index contributed by atoms with van der Waals surface area (Å²) in [5, 5.41) is 0. The summed E-state index contributed by atoms with van der Waals surface area (Å²) in [6.07, 6.45) is 0.635. The molecule has 0 fully saturated rings. The van der Waals surface area contributed by atoms with E-state index < -0.39 is 16.1 Å². The molecule has 1 heterocycles. The number of hydrogen-bond donors (Lipinski definition) is 0. The van der Waals surface area contributed by atoms with E-state index in [1.165, 1.54) is 4.31 Å². The summed E-state index contributed by atoms with van der Waals surface area (Å²) in [5.41, 5.74) is 2.66. The summed E-state index contributed by atoms with van der Waals surface area (Å²) < 4.78 is 33.2. The molecule has 0 saturated carbocycles. The van der Waals surface area contributed by atoms with Gasteiger partial charge in [0, 0.05) is 6.54 Å². The van der Waals surface area contributed by atoms with E-state index in [0.717, 1.165) is 11.1 Å². The van der Waals surface area contributed by atoms with Gasteiger partial charge in [0.1, 0.15) is 0 Å². The molecular formula is C20H23NO4S. The molecule has 0 spiro atoms. The van der Waals surface area contributed by atoms with Crippen LogP contribution in [-0.4, -0.2) is 31.8 Å². The molecule has 0 radical (unpaired) electrons. The van der Waals surface area contributed by atoms with E-state index >= 15 is 0 Å². The highest BCUT2D eigenvalue weighted by molar-refractivity contribution is 7.89. The van der Waals surface area contributed by atoms with Crippen LogP contribution in [0, 0.1) is 6.92 Å². The Kier molecular flexibility index (Phi) is 5.44. The summed E-state index contributed by atoms with van der Waals surface area (Å²) in [4.78, 5) is 12.4. The molecule has 26 heavy (non-hydrogen) atoms. The SMILES string of the molecule is CCOC(=O)CC1c2ccccc2CCN1S(=O)(=O)c1ccccc1C. The number of carbonyl (C=O) groups excluding carboxylic acids is 1. The van der Waals surface area contributed by atoms with Crippen LogP contribution in [-0.2, 0) is 26.0 Å². The summed E-state index contributed by atoms with van der Waals surface area (Å²) in [6, 6.07) is 14.1. The fraction of sp³-hybridized carbons (Fsp3) is 0.350. The molecule has 1 atom stereocenters. The van der Waals surface area contributed by atoms with Crippen molar-refractivity contribution in [1.29, 1.82) is 0 Å². The first kappa shape index (κ1) is 18.6. The number of esters is 1. The minimum absolute atomic E-state index is 0.00989. The van der Waals surface area contributed by atoms with Crippen molar-refractivity contribution in [3.63, 3.8) is 0 Å². The number of carbonyl (C=O) groups is 1. The predicted octanol–water partition coefficient (Wildman–Crippen LogP) is 3.24. The molecule has 0 N–H and O–H groups in total. The first-order valence-electron chi connectivity index (χ1n) is 8.76. The second-order valence-electron chi connectivity index (χ2n) is 6.36. The van der Waals surface area contributed by atoms with E-state index in [-0.39, 0.29) is 23.9 Å². The standard InChI is InChI=1S/C20H23NO4S/c1-3-25-20(22)14-18-17-10-6-5-9-16(17)12-13-21(18)26(23,24)19-11-7-4-8-15(19)2/h4-11,18H,3,12-14H2,1-2H3. The number of benzene rings is 2. The molecule has 3 rings (SSSR count). The van der Waals surface area contributed by atoms with Gasteiger partial charge in [-0.1, -0.05) is 42.5 Å². The number of rotatable bonds is 5. The fourth-order valence-corrected chi connectivity index (χ4v) is 5.31. The van der Waals surface area contributed by atoms with E-state index in [0.29, 0.717) is 18.5 Å². The number of aryl methyl sites for hydroxylation is 1. The number of nitrogens with zero attached hydrogens (tertiary/aromatic N) is 1. The molecule has 5 nitrogen and oxygen atoms in total. The highest BCUT2D eigenvalue weighted by atomic mass is 32.2. The van der Waals surface area contributed by atoms with Crippen molar-refractivity contribution in [2.24, 2.45) is 0 Å². The highest BCUT2D eigenvalue weighted by Gasteiger charge is 2.38. The van der Waals surface area contributed by atoms with Crippen LogP contribution in [0.5, 0.6) is 0 Å². The van der Waals surface area contributed by atoms with Gasteiger partial charge in [-0.25, -0.2) is 8.42 Å². The number of hydrogen-bond acceptors (Lipinski definition) is 4. The van der Waals surface area contributed by atoms with Crippen LogP contribution < -0.4 is 0 Å².